The molecule has 24 heavy (non-hydrogen) atoms. The van der Waals surface area contributed by atoms with Crippen molar-refractivity contribution in [2.24, 2.45) is 5.92 Å². The van der Waals surface area contributed by atoms with Gasteiger partial charge in [-0.05, 0) is 44.4 Å². The molecule has 0 aromatic carbocycles. The van der Waals surface area contributed by atoms with Crippen LogP contribution >= 0.6 is 0 Å². The number of anilines is 1. The first kappa shape index (κ1) is 15.8. The van der Waals surface area contributed by atoms with Gasteiger partial charge >= 0.3 is 0 Å². The first-order chi connectivity index (χ1) is 11.8. The van der Waals surface area contributed by atoms with E-state index in [0.29, 0.717) is 5.92 Å². The van der Waals surface area contributed by atoms with Gasteiger partial charge < -0.3 is 14.5 Å². The van der Waals surface area contributed by atoms with Crippen molar-refractivity contribution in [1.29, 1.82) is 0 Å². The maximum atomic E-state index is 12.3. The van der Waals surface area contributed by atoms with Gasteiger partial charge in [0, 0.05) is 37.4 Å². The Balaban J connectivity index is 1.34. The van der Waals surface area contributed by atoms with E-state index in [1.165, 1.54) is 30.5 Å². The minimum absolute atomic E-state index is 0.130. The van der Waals surface area contributed by atoms with Crippen molar-refractivity contribution < 1.29 is 9.53 Å². The topological polar surface area (TPSA) is 58.6 Å². The van der Waals surface area contributed by atoms with Gasteiger partial charge in [-0.15, -0.1) is 0 Å². The Morgan fingerprint density at radius 1 is 1.12 bits per heavy atom. The predicted octanol–water partition coefficient (Wildman–Crippen LogP) is 1.43. The third kappa shape index (κ3) is 3.53. The lowest BCUT2D eigenvalue weighted by Gasteiger charge is -2.24. The number of hydrogen-bond donors (Lipinski definition) is 0. The predicted molar refractivity (Wildman–Crippen MR) is 91.0 cm³/mol. The number of aryl methyl sites for hydroxylation is 1. The van der Waals surface area contributed by atoms with Crippen molar-refractivity contribution in [3.8, 4) is 0 Å². The number of carbonyl (C=O) groups excluding carboxylic acids is 1. The number of nitrogens with zero attached hydrogens (tertiary/aromatic N) is 4. The molecule has 1 amide bonds. The highest BCUT2D eigenvalue weighted by molar-refractivity contribution is 5.77. The van der Waals surface area contributed by atoms with Gasteiger partial charge in [0.2, 0.25) is 5.91 Å². The van der Waals surface area contributed by atoms with Gasteiger partial charge in [0.05, 0.1) is 6.61 Å². The van der Waals surface area contributed by atoms with E-state index in [1.807, 2.05) is 4.90 Å². The maximum absolute atomic E-state index is 12.3. The zero-order valence-corrected chi connectivity index (χ0v) is 14.2. The molecule has 0 spiro atoms. The van der Waals surface area contributed by atoms with E-state index in [2.05, 4.69) is 14.9 Å². The Hall–Kier alpha value is -1.69. The molecular weight excluding hydrogens is 304 g/mol. The van der Waals surface area contributed by atoms with Gasteiger partial charge in [0.25, 0.3) is 0 Å². The van der Waals surface area contributed by atoms with E-state index in [0.717, 1.165) is 57.9 Å². The van der Waals surface area contributed by atoms with Crippen LogP contribution in [-0.2, 0) is 22.4 Å². The molecule has 0 radical (unpaired) electrons. The summed E-state index contributed by atoms with van der Waals surface area (Å²) in [6.45, 7) is 4.35. The molecule has 6 heteroatoms. The standard InChI is InChI=1S/C18H26N4O2/c23-17(12-24-11-14-5-6-14)21-7-2-8-22(10-9-21)18-15-3-1-4-16(15)19-13-20-18/h13-14H,1-12H2. The second-order valence-electron chi connectivity index (χ2n) is 7.16. The van der Waals surface area contributed by atoms with Crippen LogP contribution in [0.4, 0.5) is 5.82 Å². The average Bonchev–Trinajstić information content (AvgIpc) is 3.34. The molecule has 0 atom stereocenters. The first-order valence-corrected chi connectivity index (χ1v) is 9.24. The zero-order chi connectivity index (χ0) is 16.4. The average molecular weight is 330 g/mol. The minimum atomic E-state index is 0.130. The van der Waals surface area contributed by atoms with E-state index in [9.17, 15) is 4.79 Å². The van der Waals surface area contributed by atoms with Crippen LogP contribution in [0.5, 0.6) is 0 Å². The summed E-state index contributed by atoms with van der Waals surface area (Å²) in [6, 6.07) is 0. The van der Waals surface area contributed by atoms with Crippen LogP contribution in [0.15, 0.2) is 6.33 Å². The lowest BCUT2D eigenvalue weighted by molar-refractivity contribution is -0.136. The van der Waals surface area contributed by atoms with E-state index in [4.69, 9.17) is 4.74 Å². The van der Waals surface area contributed by atoms with Gasteiger partial charge in [-0.25, -0.2) is 9.97 Å². The van der Waals surface area contributed by atoms with E-state index in [-0.39, 0.29) is 12.5 Å². The fraction of sp³-hybridized carbons (Fsp3) is 0.722. The largest absolute Gasteiger partial charge is 0.371 e. The highest BCUT2D eigenvalue weighted by Gasteiger charge is 2.25. The van der Waals surface area contributed by atoms with Crippen molar-refractivity contribution in [3.05, 3.63) is 17.6 Å². The molecule has 2 fully saturated rings. The molecule has 0 bridgehead atoms. The number of fused-ring (bicyclic) bond motifs is 1. The monoisotopic (exact) mass is 330 g/mol. The number of rotatable bonds is 5. The fourth-order valence-corrected chi connectivity index (χ4v) is 3.68. The van der Waals surface area contributed by atoms with Crippen molar-refractivity contribution in [2.75, 3.05) is 44.3 Å². The van der Waals surface area contributed by atoms with E-state index in [1.54, 1.807) is 6.33 Å². The Bertz CT molecular complexity index is 603. The SMILES string of the molecule is O=C(COCC1CC1)N1CCCN(c2ncnc3c2CCC3)CC1. The Kier molecular flexibility index (Phi) is 4.65. The van der Waals surface area contributed by atoms with Gasteiger partial charge in [0.15, 0.2) is 0 Å². The molecule has 1 saturated carbocycles. The summed E-state index contributed by atoms with van der Waals surface area (Å²) < 4.78 is 5.56. The molecule has 2 aliphatic carbocycles. The van der Waals surface area contributed by atoms with Gasteiger partial charge in [-0.3, -0.25) is 4.79 Å². The third-order valence-corrected chi connectivity index (χ3v) is 5.28. The molecule has 4 rings (SSSR count). The summed E-state index contributed by atoms with van der Waals surface area (Å²) in [4.78, 5) is 25.6. The van der Waals surface area contributed by atoms with Crippen LogP contribution in [-0.4, -0.2) is 60.2 Å². The Labute approximate surface area is 143 Å². The van der Waals surface area contributed by atoms with Crippen molar-refractivity contribution >= 4 is 11.7 Å². The van der Waals surface area contributed by atoms with Crippen LogP contribution in [0.1, 0.15) is 36.9 Å². The molecule has 0 N–H and O–H groups in total. The van der Waals surface area contributed by atoms with Crippen LogP contribution in [0.2, 0.25) is 0 Å². The summed E-state index contributed by atoms with van der Waals surface area (Å²) in [5, 5.41) is 0. The summed E-state index contributed by atoms with van der Waals surface area (Å²) in [5.74, 6) is 1.93. The van der Waals surface area contributed by atoms with Gasteiger partial charge in [0.1, 0.15) is 18.8 Å². The van der Waals surface area contributed by atoms with Crippen LogP contribution in [0.3, 0.4) is 0 Å². The quantitative estimate of drug-likeness (QED) is 0.817. The lowest BCUT2D eigenvalue weighted by atomic mass is 10.2. The number of amides is 1. The van der Waals surface area contributed by atoms with Gasteiger partial charge in [-0.2, -0.15) is 0 Å². The normalized spacial score (nSPS) is 20.8. The fourth-order valence-electron chi connectivity index (χ4n) is 3.68. The highest BCUT2D eigenvalue weighted by atomic mass is 16.5. The molecule has 1 aromatic heterocycles. The second kappa shape index (κ2) is 7.05. The summed E-state index contributed by atoms with van der Waals surface area (Å²) >= 11 is 0. The van der Waals surface area contributed by atoms with Crippen molar-refractivity contribution in [1.82, 2.24) is 14.9 Å². The summed E-state index contributed by atoms with van der Waals surface area (Å²) in [5.41, 5.74) is 2.54. The van der Waals surface area contributed by atoms with Crippen molar-refractivity contribution in [2.45, 2.75) is 38.5 Å². The molecule has 1 aliphatic heterocycles. The third-order valence-electron chi connectivity index (χ3n) is 5.28. The number of carbonyl (C=O) groups is 1. The van der Waals surface area contributed by atoms with Crippen molar-refractivity contribution in [3.63, 3.8) is 0 Å². The van der Waals surface area contributed by atoms with E-state index >= 15 is 0 Å². The lowest BCUT2D eigenvalue weighted by Crippen LogP contribution is -2.37. The molecule has 2 heterocycles. The smallest absolute Gasteiger partial charge is 0.248 e. The minimum Gasteiger partial charge on any atom is -0.371 e. The van der Waals surface area contributed by atoms with Crippen LogP contribution in [0.25, 0.3) is 0 Å². The van der Waals surface area contributed by atoms with E-state index < -0.39 is 0 Å². The molecule has 0 unspecified atom stereocenters. The molecule has 1 aromatic rings. The molecule has 6 nitrogen and oxygen atoms in total. The number of ether oxygens (including phenoxy) is 1. The molecule has 1 saturated heterocycles. The molecular formula is C18H26N4O2. The Morgan fingerprint density at radius 3 is 2.92 bits per heavy atom. The number of aromatic nitrogens is 2. The zero-order valence-electron chi connectivity index (χ0n) is 14.2. The first-order valence-electron chi connectivity index (χ1n) is 9.24. The van der Waals surface area contributed by atoms with Gasteiger partial charge in [-0.1, -0.05) is 0 Å². The summed E-state index contributed by atoms with van der Waals surface area (Å²) in [6.07, 6.45) is 8.53. The van der Waals surface area contributed by atoms with Crippen LogP contribution in [0, 0.1) is 5.92 Å². The Morgan fingerprint density at radius 2 is 2.04 bits per heavy atom. The maximum Gasteiger partial charge on any atom is 0.248 e. The summed E-state index contributed by atoms with van der Waals surface area (Å²) in [7, 11) is 0. The number of hydrogen-bond acceptors (Lipinski definition) is 5. The molecule has 130 valence electrons. The van der Waals surface area contributed by atoms with Crippen LogP contribution < -0.4 is 4.90 Å². The highest BCUT2D eigenvalue weighted by Crippen LogP contribution is 2.29. The molecule has 3 aliphatic rings. The second-order valence-corrected chi connectivity index (χ2v) is 7.16.